The van der Waals surface area contributed by atoms with Gasteiger partial charge in [-0.2, -0.15) is 5.10 Å². The van der Waals surface area contributed by atoms with Gasteiger partial charge in [-0.3, -0.25) is 14.3 Å². The molecule has 8 heteroatoms. The highest BCUT2D eigenvalue weighted by atomic mass is 16.5. The molecule has 1 fully saturated rings. The topological polar surface area (TPSA) is 93.3 Å². The number of aryl methyl sites for hydroxylation is 1. The molecule has 0 saturated carbocycles. The number of hydrogen-bond acceptors (Lipinski definition) is 5. The summed E-state index contributed by atoms with van der Waals surface area (Å²) in [4.78, 5) is 26.4. The molecule has 0 bridgehead atoms. The molecule has 2 aromatic heterocycles. The molecule has 1 aliphatic heterocycles. The minimum atomic E-state index is -0.367. The van der Waals surface area contributed by atoms with E-state index in [4.69, 9.17) is 4.52 Å². The number of carbonyl (C=O) groups is 2. The molecule has 4 rings (SSSR count). The van der Waals surface area contributed by atoms with E-state index in [1.807, 2.05) is 25.3 Å². The standard InChI is InChI=1S/C20H21N5O3/c1-14-11-21-24(12-14)13-17-10-18(23-28-17)20(27)22-15-5-4-6-16(9-15)25-8-3-2-7-19(25)26/h4-6,9-12H,2-3,7-8,13H2,1H3,(H,22,27). The third kappa shape index (κ3) is 3.95. The lowest BCUT2D eigenvalue weighted by molar-refractivity contribution is -0.119. The van der Waals surface area contributed by atoms with Gasteiger partial charge in [-0.05, 0) is 43.5 Å². The van der Waals surface area contributed by atoms with Crippen LogP contribution in [0.15, 0.2) is 47.2 Å². The third-order valence-electron chi connectivity index (χ3n) is 4.61. The van der Waals surface area contributed by atoms with Crippen molar-refractivity contribution in [3.8, 4) is 0 Å². The van der Waals surface area contributed by atoms with Crippen molar-refractivity contribution >= 4 is 23.2 Å². The summed E-state index contributed by atoms with van der Waals surface area (Å²) in [6, 6.07) is 8.88. The molecule has 1 saturated heterocycles. The van der Waals surface area contributed by atoms with Gasteiger partial charge in [-0.25, -0.2) is 0 Å². The number of anilines is 2. The van der Waals surface area contributed by atoms with Crippen LogP contribution in [0.2, 0.25) is 0 Å². The summed E-state index contributed by atoms with van der Waals surface area (Å²) in [5.74, 6) is 0.291. The fraction of sp³-hybridized carbons (Fsp3) is 0.300. The number of benzene rings is 1. The molecule has 144 valence electrons. The SMILES string of the molecule is Cc1cnn(Cc2cc(C(=O)Nc3cccc(N4CCCCC4=O)c3)no2)c1. The van der Waals surface area contributed by atoms with Crippen LogP contribution in [0.3, 0.4) is 0 Å². The molecule has 0 spiro atoms. The number of amides is 2. The van der Waals surface area contributed by atoms with Crippen LogP contribution in [0.4, 0.5) is 11.4 Å². The van der Waals surface area contributed by atoms with Gasteiger partial charge in [0.25, 0.3) is 5.91 Å². The second-order valence-corrected chi connectivity index (χ2v) is 6.90. The van der Waals surface area contributed by atoms with Crippen LogP contribution in [-0.2, 0) is 11.3 Å². The molecule has 28 heavy (non-hydrogen) atoms. The first kappa shape index (κ1) is 18.0. The number of piperidine rings is 1. The normalized spacial score (nSPS) is 14.3. The monoisotopic (exact) mass is 379 g/mol. The van der Waals surface area contributed by atoms with Gasteiger partial charge >= 0.3 is 0 Å². The van der Waals surface area contributed by atoms with Crippen molar-refractivity contribution in [1.82, 2.24) is 14.9 Å². The molecule has 2 amide bonds. The highest BCUT2D eigenvalue weighted by Gasteiger charge is 2.20. The number of carbonyl (C=O) groups excluding carboxylic acids is 2. The second kappa shape index (κ2) is 7.67. The lowest BCUT2D eigenvalue weighted by atomic mass is 10.1. The number of rotatable bonds is 5. The minimum Gasteiger partial charge on any atom is -0.359 e. The van der Waals surface area contributed by atoms with Gasteiger partial charge < -0.3 is 14.7 Å². The zero-order valence-corrected chi connectivity index (χ0v) is 15.6. The Kier molecular flexibility index (Phi) is 4.92. The average Bonchev–Trinajstić information content (AvgIpc) is 3.32. The van der Waals surface area contributed by atoms with Crippen molar-refractivity contribution in [2.75, 3.05) is 16.8 Å². The highest BCUT2D eigenvalue weighted by Crippen LogP contribution is 2.24. The predicted molar refractivity (Wildman–Crippen MR) is 103 cm³/mol. The number of hydrogen-bond donors (Lipinski definition) is 1. The van der Waals surface area contributed by atoms with Crippen molar-refractivity contribution in [3.63, 3.8) is 0 Å². The Bertz CT molecular complexity index is 1010. The number of nitrogens with one attached hydrogen (secondary N) is 1. The van der Waals surface area contributed by atoms with Crippen LogP contribution in [0, 0.1) is 6.92 Å². The first-order valence-electron chi connectivity index (χ1n) is 9.25. The Morgan fingerprint density at radius 2 is 2.18 bits per heavy atom. The van der Waals surface area contributed by atoms with Gasteiger partial charge in [0.1, 0.15) is 6.54 Å². The highest BCUT2D eigenvalue weighted by molar-refractivity contribution is 6.03. The van der Waals surface area contributed by atoms with Crippen LogP contribution in [0.25, 0.3) is 0 Å². The van der Waals surface area contributed by atoms with Gasteiger partial charge in [0.15, 0.2) is 11.5 Å². The second-order valence-electron chi connectivity index (χ2n) is 6.90. The van der Waals surface area contributed by atoms with Crippen molar-refractivity contribution in [2.24, 2.45) is 0 Å². The summed E-state index contributed by atoms with van der Waals surface area (Å²) < 4.78 is 6.96. The molecule has 1 aromatic carbocycles. The van der Waals surface area contributed by atoms with E-state index in [1.165, 1.54) is 0 Å². The lowest BCUT2D eigenvalue weighted by Crippen LogP contribution is -2.35. The van der Waals surface area contributed by atoms with Gasteiger partial charge in [-0.15, -0.1) is 0 Å². The maximum atomic E-state index is 12.5. The third-order valence-corrected chi connectivity index (χ3v) is 4.61. The van der Waals surface area contributed by atoms with Gasteiger partial charge in [-0.1, -0.05) is 11.2 Å². The van der Waals surface area contributed by atoms with Crippen molar-refractivity contribution < 1.29 is 14.1 Å². The molecular weight excluding hydrogens is 358 g/mol. The lowest BCUT2D eigenvalue weighted by Gasteiger charge is -2.27. The van der Waals surface area contributed by atoms with Gasteiger partial charge in [0.2, 0.25) is 5.91 Å². The fourth-order valence-electron chi connectivity index (χ4n) is 3.23. The molecule has 3 aromatic rings. The molecule has 3 heterocycles. The quantitative estimate of drug-likeness (QED) is 0.736. The van der Waals surface area contributed by atoms with E-state index in [0.29, 0.717) is 31.0 Å². The molecular formula is C20H21N5O3. The van der Waals surface area contributed by atoms with Crippen LogP contribution >= 0.6 is 0 Å². The van der Waals surface area contributed by atoms with Crippen LogP contribution in [-0.4, -0.2) is 33.3 Å². The van der Waals surface area contributed by atoms with E-state index in [1.54, 1.807) is 34.0 Å². The Hall–Kier alpha value is -3.42. The summed E-state index contributed by atoms with van der Waals surface area (Å²) in [5.41, 5.74) is 2.63. The van der Waals surface area contributed by atoms with E-state index in [2.05, 4.69) is 15.6 Å². The van der Waals surface area contributed by atoms with Crippen molar-refractivity contribution in [1.29, 1.82) is 0 Å². The summed E-state index contributed by atoms with van der Waals surface area (Å²) in [5, 5.41) is 10.8. The molecule has 0 atom stereocenters. The smallest absolute Gasteiger partial charge is 0.277 e. The van der Waals surface area contributed by atoms with E-state index in [9.17, 15) is 9.59 Å². The van der Waals surface area contributed by atoms with Crippen molar-refractivity contribution in [2.45, 2.75) is 32.7 Å². The number of aromatic nitrogens is 3. The first-order chi connectivity index (χ1) is 13.6. The molecule has 8 nitrogen and oxygen atoms in total. The average molecular weight is 379 g/mol. The Morgan fingerprint density at radius 1 is 1.29 bits per heavy atom. The maximum Gasteiger partial charge on any atom is 0.277 e. The Labute approximate surface area is 162 Å². The zero-order valence-electron chi connectivity index (χ0n) is 15.6. The Balaban J connectivity index is 1.44. The van der Waals surface area contributed by atoms with Gasteiger partial charge in [0.05, 0.1) is 6.20 Å². The van der Waals surface area contributed by atoms with E-state index in [-0.39, 0.29) is 17.5 Å². The molecule has 0 unspecified atom stereocenters. The summed E-state index contributed by atoms with van der Waals surface area (Å²) in [6.07, 6.45) is 6.12. The first-order valence-corrected chi connectivity index (χ1v) is 9.25. The zero-order chi connectivity index (χ0) is 19.5. The molecule has 0 aliphatic carbocycles. The van der Waals surface area contributed by atoms with Gasteiger partial charge in [0, 0.05) is 36.6 Å². The van der Waals surface area contributed by atoms with E-state index < -0.39 is 0 Å². The number of nitrogens with zero attached hydrogens (tertiary/aromatic N) is 4. The van der Waals surface area contributed by atoms with E-state index in [0.717, 1.165) is 24.1 Å². The summed E-state index contributed by atoms with van der Waals surface area (Å²) >= 11 is 0. The van der Waals surface area contributed by atoms with Crippen LogP contribution in [0.5, 0.6) is 0 Å². The maximum absolute atomic E-state index is 12.5. The Morgan fingerprint density at radius 3 is 2.96 bits per heavy atom. The predicted octanol–water partition coefficient (Wildman–Crippen LogP) is 3.00. The molecule has 1 aliphatic rings. The van der Waals surface area contributed by atoms with Crippen LogP contribution < -0.4 is 10.2 Å². The summed E-state index contributed by atoms with van der Waals surface area (Å²) in [6.45, 7) is 3.06. The molecule has 0 radical (unpaired) electrons. The summed E-state index contributed by atoms with van der Waals surface area (Å²) in [7, 11) is 0. The largest absolute Gasteiger partial charge is 0.359 e. The molecule has 1 N–H and O–H groups in total. The minimum absolute atomic E-state index is 0.115. The van der Waals surface area contributed by atoms with Crippen LogP contribution in [0.1, 0.15) is 41.1 Å². The van der Waals surface area contributed by atoms with Crippen molar-refractivity contribution in [3.05, 3.63) is 59.7 Å². The van der Waals surface area contributed by atoms with E-state index >= 15 is 0 Å². The fourth-order valence-corrected chi connectivity index (χ4v) is 3.23.